The summed E-state index contributed by atoms with van der Waals surface area (Å²) in [6, 6.07) is 5.33. The van der Waals surface area contributed by atoms with E-state index < -0.39 is 10.0 Å². The molecule has 0 bridgehead atoms. The average molecular weight is 323 g/mol. The van der Waals surface area contributed by atoms with Crippen molar-refractivity contribution in [2.45, 2.75) is 6.42 Å². The summed E-state index contributed by atoms with van der Waals surface area (Å²) >= 11 is 0. The Bertz CT molecular complexity index is 793. The van der Waals surface area contributed by atoms with Crippen molar-refractivity contribution < 1.29 is 8.42 Å². The Morgan fingerprint density at radius 2 is 2.14 bits per heavy atom. The van der Waals surface area contributed by atoms with Crippen molar-refractivity contribution in [2.24, 2.45) is 10.9 Å². The van der Waals surface area contributed by atoms with E-state index in [0.29, 0.717) is 5.56 Å². The van der Waals surface area contributed by atoms with Gasteiger partial charge < -0.3 is 15.7 Å². The van der Waals surface area contributed by atoms with Crippen molar-refractivity contribution in [3.05, 3.63) is 35.5 Å². The van der Waals surface area contributed by atoms with Crippen molar-refractivity contribution in [1.82, 2.24) is 14.6 Å². The fourth-order valence-electron chi connectivity index (χ4n) is 2.26. The molecule has 0 unspecified atom stereocenters. The van der Waals surface area contributed by atoms with Crippen molar-refractivity contribution in [2.75, 3.05) is 27.7 Å². The number of aromatic amines is 1. The van der Waals surface area contributed by atoms with Gasteiger partial charge in [-0.1, -0.05) is 0 Å². The number of hydrazone groups is 1. The standard InChI is InChI=1S/C14H21N5O2S/c1-16-22(20,21)14(18-15)10-4-5-13-12(8-10)11(9-17-13)6-7-19(2)3/h4-5,8-9,16-17H,6-7,15H2,1-3H3. The first-order valence-corrected chi connectivity index (χ1v) is 8.34. The Kier molecular flexibility index (Phi) is 4.84. The van der Waals surface area contributed by atoms with Crippen molar-refractivity contribution >= 4 is 26.0 Å². The van der Waals surface area contributed by atoms with Crippen LogP contribution in [0.4, 0.5) is 0 Å². The number of H-pyrrole nitrogens is 1. The zero-order valence-electron chi connectivity index (χ0n) is 12.9. The van der Waals surface area contributed by atoms with Crippen LogP contribution in [-0.4, -0.2) is 51.0 Å². The summed E-state index contributed by atoms with van der Waals surface area (Å²) in [4.78, 5) is 5.29. The van der Waals surface area contributed by atoms with Crippen molar-refractivity contribution in [3.63, 3.8) is 0 Å². The summed E-state index contributed by atoms with van der Waals surface area (Å²) < 4.78 is 26.2. The van der Waals surface area contributed by atoms with Gasteiger partial charge in [0, 0.05) is 29.2 Å². The van der Waals surface area contributed by atoms with Gasteiger partial charge in [-0.3, -0.25) is 0 Å². The van der Waals surface area contributed by atoms with Crippen molar-refractivity contribution in [3.8, 4) is 0 Å². The fraction of sp³-hybridized carbons (Fsp3) is 0.357. The number of fused-ring (bicyclic) bond motifs is 1. The van der Waals surface area contributed by atoms with E-state index in [2.05, 4.69) is 19.7 Å². The molecular formula is C14H21N5O2S. The molecule has 0 spiro atoms. The van der Waals surface area contributed by atoms with Gasteiger partial charge in [0.15, 0.2) is 5.04 Å². The maximum Gasteiger partial charge on any atom is 0.260 e. The first-order valence-electron chi connectivity index (χ1n) is 6.85. The normalized spacial score (nSPS) is 13.2. The van der Waals surface area contributed by atoms with Gasteiger partial charge >= 0.3 is 0 Å². The van der Waals surface area contributed by atoms with Gasteiger partial charge in [-0.05, 0) is 51.3 Å². The largest absolute Gasteiger partial charge is 0.361 e. The maximum atomic E-state index is 12.0. The lowest BCUT2D eigenvalue weighted by molar-refractivity contribution is 0.414. The van der Waals surface area contributed by atoms with Gasteiger partial charge in [-0.2, -0.15) is 5.10 Å². The highest BCUT2D eigenvalue weighted by molar-refractivity contribution is 8.05. The highest BCUT2D eigenvalue weighted by atomic mass is 32.2. The van der Waals surface area contributed by atoms with Crippen LogP contribution in [0.3, 0.4) is 0 Å². The Morgan fingerprint density at radius 1 is 1.41 bits per heavy atom. The quantitative estimate of drug-likeness (QED) is 0.321. The molecule has 4 N–H and O–H groups in total. The minimum absolute atomic E-state index is 0.170. The molecule has 0 fully saturated rings. The lowest BCUT2D eigenvalue weighted by atomic mass is 10.1. The molecule has 2 aromatic rings. The Hall–Kier alpha value is -1.90. The first kappa shape index (κ1) is 16.5. The molecule has 22 heavy (non-hydrogen) atoms. The summed E-state index contributed by atoms with van der Waals surface area (Å²) in [6.07, 6.45) is 2.81. The number of nitrogens with one attached hydrogen (secondary N) is 2. The second-order valence-electron chi connectivity index (χ2n) is 5.27. The SMILES string of the molecule is CNS(=O)(=O)C(=NN)c1ccc2[nH]cc(CCN(C)C)c2c1. The van der Waals surface area contributed by atoms with E-state index in [1.165, 1.54) is 7.05 Å². The van der Waals surface area contributed by atoms with E-state index in [-0.39, 0.29) is 5.04 Å². The first-order chi connectivity index (χ1) is 10.4. The Morgan fingerprint density at radius 3 is 2.73 bits per heavy atom. The second kappa shape index (κ2) is 6.47. The topological polar surface area (TPSA) is 104 Å². The second-order valence-corrected chi connectivity index (χ2v) is 7.07. The van der Waals surface area contributed by atoms with Crippen LogP contribution in [0, 0.1) is 0 Å². The number of rotatable bonds is 5. The molecule has 0 saturated carbocycles. The number of nitrogens with zero attached hydrogens (tertiary/aromatic N) is 2. The summed E-state index contributed by atoms with van der Waals surface area (Å²) in [5, 5.41) is 4.25. The highest BCUT2D eigenvalue weighted by Crippen LogP contribution is 2.21. The zero-order chi connectivity index (χ0) is 16.3. The van der Waals surface area contributed by atoms with Crippen LogP contribution in [0.2, 0.25) is 0 Å². The molecule has 1 aromatic heterocycles. The molecule has 120 valence electrons. The van der Waals surface area contributed by atoms with Crippen LogP contribution < -0.4 is 10.6 Å². The van der Waals surface area contributed by atoms with Crippen LogP contribution in [0.25, 0.3) is 10.9 Å². The molecule has 0 saturated heterocycles. The molecule has 0 aliphatic carbocycles. The third-order valence-corrected chi connectivity index (χ3v) is 4.87. The van der Waals surface area contributed by atoms with E-state index in [1.54, 1.807) is 12.1 Å². The van der Waals surface area contributed by atoms with E-state index >= 15 is 0 Å². The van der Waals surface area contributed by atoms with Crippen LogP contribution in [-0.2, 0) is 16.4 Å². The number of hydrogen-bond acceptors (Lipinski definition) is 5. The van der Waals surface area contributed by atoms with Gasteiger partial charge in [0.1, 0.15) is 0 Å². The third-order valence-electron chi connectivity index (χ3n) is 3.48. The number of likely N-dealkylation sites (N-methyl/N-ethyl adjacent to an activating group) is 1. The molecule has 0 aliphatic rings. The molecule has 8 heteroatoms. The number of benzene rings is 1. The number of aromatic nitrogens is 1. The molecule has 0 atom stereocenters. The number of sulfonamides is 1. The summed E-state index contributed by atoms with van der Waals surface area (Å²) in [5.74, 6) is 5.28. The number of hydrogen-bond donors (Lipinski definition) is 3. The highest BCUT2D eigenvalue weighted by Gasteiger charge is 2.20. The Labute approximate surface area is 130 Å². The van der Waals surface area contributed by atoms with Gasteiger partial charge in [0.05, 0.1) is 0 Å². The molecule has 2 rings (SSSR count). The summed E-state index contributed by atoms with van der Waals surface area (Å²) in [5.41, 5.74) is 2.55. The van der Waals surface area contributed by atoms with Crippen LogP contribution in [0.1, 0.15) is 11.1 Å². The fourth-order valence-corrected chi connectivity index (χ4v) is 3.03. The van der Waals surface area contributed by atoms with E-state index in [9.17, 15) is 8.42 Å². The van der Waals surface area contributed by atoms with Gasteiger partial charge in [-0.25, -0.2) is 13.1 Å². The smallest absolute Gasteiger partial charge is 0.260 e. The molecular weight excluding hydrogens is 302 g/mol. The van der Waals surface area contributed by atoms with Gasteiger partial charge in [-0.15, -0.1) is 0 Å². The number of nitrogens with two attached hydrogens (primary N) is 1. The van der Waals surface area contributed by atoms with Crippen LogP contribution in [0.5, 0.6) is 0 Å². The molecule has 7 nitrogen and oxygen atoms in total. The van der Waals surface area contributed by atoms with Gasteiger partial charge in [0.25, 0.3) is 10.0 Å². The zero-order valence-corrected chi connectivity index (χ0v) is 13.7. The molecule has 0 amide bonds. The third kappa shape index (κ3) is 3.29. The minimum atomic E-state index is -3.70. The monoisotopic (exact) mass is 323 g/mol. The maximum absolute atomic E-state index is 12.0. The predicted octanol–water partition coefficient (Wildman–Crippen LogP) is 0.442. The average Bonchev–Trinajstić information content (AvgIpc) is 2.88. The lowest BCUT2D eigenvalue weighted by Crippen LogP contribution is -2.29. The van der Waals surface area contributed by atoms with Crippen LogP contribution >= 0.6 is 0 Å². The lowest BCUT2D eigenvalue weighted by Gasteiger charge is -2.09. The van der Waals surface area contributed by atoms with Crippen LogP contribution in [0.15, 0.2) is 29.5 Å². The molecule has 1 aromatic carbocycles. The van der Waals surface area contributed by atoms with E-state index in [0.717, 1.165) is 29.4 Å². The molecule has 1 heterocycles. The molecule has 0 radical (unpaired) electrons. The minimum Gasteiger partial charge on any atom is -0.361 e. The summed E-state index contributed by atoms with van der Waals surface area (Å²) in [7, 11) is 1.66. The predicted molar refractivity (Wildman–Crippen MR) is 89.3 cm³/mol. The van der Waals surface area contributed by atoms with Gasteiger partial charge in [0.2, 0.25) is 0 Å². The summed E-state index contributed by atoms with van der Waals surface area (Å²) in [6.45, 7) is 0.907. The Balaban J connectivity index is 2.47. The van der Waals surface area contributed by atoms with E-state index in [1.807, 2.05) is 26.4 Å². The molecule has 0 aliphatic heterocycles. The van der Waals surface area contributed by atoms with E-state index in [4.69, 9.17) is 5.84 Å². The van der Waals surface area contributed by atoms with Crippen molar-refractivity contribution in [1.29, 1.82) is 0 Å².